The van der Waals surface area contributed by atoms with E-state index in [4.69, 9.17) is 0 Å². The molecule has 1 N–H and O–H groups in total. The number of carbonyl (C=O) groups excluding carboxylic acids is 1. The van der Waals surface area contributed by atoms with Gasteiger partial charge in [-0.05, 0) is 36.8 Å². The molecule has 2 heterocycles. The Balaban J connectivity index is 1.72. The number of unbranched alkanes of at least 4 members (excludes halogenated alkanes) is 1. The van der Waals surface area contributed by atoms with Crippen molar-refractivity contribution in [1.82, 2.24) is 19.3 Å². The quantitative estimate of drug-likeness (QED) is 0.749. The monoisotopic (exact) mass is 337 g/mol. The van der Waals surface area contributed by atoms with Crippen molar-refractivity contribution in [3.63, 3.8) is 0 Å². The summed E-state index contributed by atoms with van der Waals surface area (Å²) in [5.74, 6) is -0.347. The third-order valence-electron chi connectivity index (χ3n) is 3.75. The molecule has 0 saturated carbocycles. The van der Waals surface area contributed by atoms with Crippen molar-refractivity contribution in [1.29, 1.82) is 0 Å². The highest BCUT2D eigenvalue weighted by molar-refractivity contribution is 6.02. The van der Waals surface area contributed by atoms with Crippen molar-refractivity contribution >= 4 is 11.6 Å². The molecule has 0 saturated heterocycles. The first-order valence-electron chi connectivity index (χ1n) is 8.15. The fourth-order valence-corrected chi connectivity index (χ4v) is 2.36. The summed E-state index contributed by atoms with van der Waals surface area (Å²) >= 11 is 0. The summed E-state index contributed by atoms with van der Waals surface area (Å²) < 4.78 is 3.21. The Hall–Kier alpha value is -3.22. The molecule has 3 aromatic rings. The number of rotatable bonds is 6. The molecule has 2 aromatic heterocycles. The molecule has 0 spiro atoms. The predicted octanol–water partition coefficient (Wildman–Crippen LogP) is 2.48. The van der Waals surface area contributed by atoms with E-state index in [9.17, 15) is 9.59 Å². The smallest absolute Gasteiger partial charge is 0.276 e. The summed E-state index contributed by atoms with van der Waals surface area (Å²) in [6, 6.07) is 10.2. The van der Waals surface area contributed by atoms with E-state index in [1.165, 1.54) is 16.8 Å². The third kappa shape index (κ3) is 4.00. The first-order valence-corrected chi connectivity index (χ1v) is 8.15. The van der Waals surface area contributed by atoms with E-state index >= 15 is 0 Å². The van der Waals surface area contributed by atoms with Gasteiger partial charge in [-0.25, -0.2) is 9.67 Å². The fraction of sp³-hybridized carbons (Fsp3) is 0.222. The van der Waals surface area contributed by atoms with Gasteiger partial charge < -0.3 is 9.88 Å². The van der Waals surface area contributed by atoms with Gasteiger partial charge in [-0.15, -0.1) is 0 Å². The van der Waals surface area contributed by atoms with Gasteiger partial charge >= 0.3 is 0 Å². The van der Waals surface area contributed by atoms with E-state index in [1.54, 1.807) is 24.7 Å². The lowest BCUT2D eigenvalue weighted by Crippen LogP contribution is -2.26. The molecule has 0 radical (unpaired) electrons. The molecule has 0 aliphatic rings. The molecule has 0 atom stereocenters. The average molecular weight is 337 g/mol. The number of nitrogens with zero attached hydrogens (tertiary/aromatic N) is 4. The SMILES string of the molecule is CCCCn1nc(C(=O)Nc2ccc(-n3ccnc3)cc2)ccc1=O. The van der Waals surface area contributed by atoms with Crippen LogP contribution in [0.3, 0.4) is 0 Å². The molecule has 0 aliphatic heterocycles. The number of hydrogen-bond acceptors (Lipinski definition) is 4. The molecule has 7 heteroatoms. The summed E-state index contributed by atoms with van der Waals surface area (Å²) in [4.78, 5) is 28.1. The predicted molar refractivity (Wildman–Crippen MR) is 94.9 cm³/mol. The van der Waals surface area contributed by atoms with E-state index in [0.717, 1.165) is 18.5 Å². The zero-order chi connectivity index (χ0) is 17.6. The summed E-state index contributed by atoms with van der Waals surface area (Å²) in [7, 11) is 0. The van der Waals surface area contributed by atoms with Crippen LogP contribution in [0.2, 0.25) is 0 Å². The van der Waals surface area contributed by atoms with E-state index in [0.29, 0.717) is 12.2 Å². The minimum Gasteiger partial charge on any atom is -0.321 e. The fourth-order valence-electron chi connectivity index (χ4n) is 2.36. The highest BCUT2D eigenvalue weighted by atomic mass is 16.2. The Kier molecular flexibility index (Phi) is 5.03. The molecule has 7 nitrogen and oxygen atoms in total. The number of nitrogens with one attached hydrogen (secondary N) is 1. The molecular formula is C18H19N5O2. The highest BCUT2D eigenvalue weighted by Crippen LogP contribution is 2.13. The van der Waals surface area contributed by atoms with Crippen LogP contribution < -0.4 is 10.9 Å². The Morgan fingerprint density at radius 1 is 1.16 bits per heavy atom. The number of anilines is 1. The summed E-state index contributed by atoms with van der Waals surface area (Å²) in [6.45, 7) is 2.55. The van der Waals surface area contributed by atoms with Crippen molar-refractivity contribution in [2.24, 2.45) is 0 Å². The molecule has 1 amide bonds. The van der Waals surface area contributed by atoms with Gasteiger partial charge in [0.1, 0.15) is 5.69 Å². The molecule has 25 heavy (non-hydrogen) atoms. The van der Waals surface area contributed by atoms with Crippen molar-refractivity contribution in [3.8, 4) is 5.69 Å². The largest absolute Gasteiger partial charge is 0.321 e. The van der Waals surface area contributed by atoms with Gasteiger partial charge in [-0.1, -0.05) is 13.3 Å². The number of carbonyl (C=O) groups is 1. The average Bonchev–Trinajstić information content (AvgIpc) is 3.16. The van der Waals surface area contributed by atoms with Crippen LogP contribution in [-0.2, 0) is 6.54 Å². The number of benzene rings is 1. The first-order chi connectivity index (χ1) is 12.2. The Labute approximate surface area is 144 Å². The van der Waals surface area contributed by atoms with Crippen molar-refractivity contribution in [3.05, 3.63) is 71.2 Å². The van der Waals surface area contributed by atoms with Crippen LogP contribution in [0.4, 0.5) is 5.69 Å². The van der Waals surface area contributed by atoms with Crippen LogP contribution in [0.5, 0.6) is 0 Å². The zero-order valence-corrected chi connectivity index (χ0v) is 13.9. The third-order valence-corrected chi connectivity index (χ3v) is 3.75. The van der Waals surface area contributed by atoms with Crippen molar-refractivity contribution < 1.29 is 4.79 Å². The van der Waals surface area contributed by atoms with Gasteiger partial charge in [0.25, 0.3) is 11.5 Å². The van der Waals surface area contributed by atoms with Crippen LogP contribution in [0, 0.1) is 0 Å². The lowest BCUT2D eigenvalue weighted by Gasteiger charge is -2.08. The molecular weight excluding hydrogens is 318 g/mol. The molecule has 0 fully saturated rings. The second-order valence-corrected chi connectivity index (χ2v) is 5.60. The lowest BCUT2D eigenvalue weighted by molar-refractivity contribution is 0.101. The minimum atomic E-state index is -0.347. The number of imidazole rings is 1. The van der Waals surface area contributed by atoms with Crippen molar-refractivity contribution in [2.75, 3.05) is 5.32 Å². The number of aryl methyl sites for hydroxylation is 1. The standard InChI is InChI=1S/C18H19N5O2/c1-2-3-11-23-17(24)9-8-16(21-23)18(25)20-14-4-6-15(7-5-14)22-12-10-19-13-22/h4-10,12-13H,2-3,11H2,1H3,(H,20,25). The number of amides is 1. The molecule has 0 aliphatic carbocycles. The Morgan fingerprint density at radius 3 is 2.64 bits per heavy atom. The highest BCUT2D eigenvalue weighted by Gasteiger charge is 2.10. The minimum absolute atomic E-state index is 0.199. The maximum Gasteiger partial charge on any atom is 0.276 e. The van der Waals surface area contributed by atoms with Gasteiger partial charge in [-0.2, -0.15) is 5.10 Å². The van der Waals surface area contributed by atoms with Crippen LogP contribution in [0.1, 0.15) is 30.3 Å². The summed E-state index contributed by atoms with van der Waals surface area (Å²) in [5, 5.41) is 6.94. The van der Waals surface area contributed by atoms with E-state index < -0.39 is 0 Å². The first kappa shape index (κ1) is 16.6. The number of hydrogen-bond donors (Lipinski definition) is 1. The zero-order valence-electron chi connectivity index (χ0n) is 13.9. The number of aromatic nitrogens is 4. The summed E-state index contributed by atoms with van der Waals surface area (Å²) in [5.41, 5.74) is 1.62. The Bertz CT molecular complexity index is 898. The second kappa shape index (κ2) is 7.57. The molecule has 128 valence electrons. The van der Waals surface area contributed by atoms with E-state index in [1.807, 2.05) is 29.8 Å². The van der Waals surface area contributed by atoms with E-state index in [-0.39, 0.29) is 17.2 Å². The molecule has 1 aromatic carbocycles. The topological polar surface area (TPSA) is 81.8 Å². The maximum atomic E-state index is 12.4. The van der Waals surface area contributed by atoms with Gasteiger partial charge in [0.2, 0.25) is 0 Å². The molecule has 0 unspecified atom stereocenters. The van der Waals surface area contributed by atoms with Crippen molar-refractivity contribution in [2.45, 2.75) is 26.3 Å². The summed E-state index contributed by atoms with van der Waals surface area (Å²) in [6.07, 6.45) is 7.05. The van der Waals surface area contributed by atoms with Crippen LogP contribution >= 0.6 is 0 Å². The van der Waals surface area contributed by atoms with Gasteiger partial charge in [0.15, 0.2) is 0 Å². The van der Waals surface area contributed by atoms with Gasteiger partial charge in [0.05, 0.1) is 6.33 Å². The van der Waals surface area contributed by atoms with E-state index in [2.05, 4.69) is 15.4 Å². The van der Waals surface area contributed by atoms with Crippen LogP contribution in [-0.4, -0.2) is 25.2 Å². The molecule has 0 bridgehead atoms. The molecule has 3 rings (SSSR count). The Morgan fingerprint density at radius 2 is 1.96 bits per heavy atom. The van der Waals surface area contributed by atoms with Crippen LogP contribution in [0.25, 0.3) is 5.69 Å². The van der Waals surface area contributed by atoms with Gasteiger partial charge in [0, 0.05) is 36.4 Å². The maximum absolute atomic E-state index is 12.4. The van der Waals surface area contributed by atoms with Crippen LogP contribution in [0.15, 0.2) is 59.9 Å². The second-order valence-electron chi connectivity index (χ2n) is 5.60. The van der Waals surface area contributed by atoms with Gasteiger partial charge in [-0.3, -0.25) is 9.59 Å². The lowest BCUT2D eigenvalue weighted by atomic mass is 10.2. The normalized spacial score (nSPS) is 10.6.